The molecule has 1 aliphatic carbocycles. The summed E-state index contributed by atoms with van der Waals surface area (Å²) >= 11 is 0. The predicted molar refractivity (Wildman–Crippen MR) is 52.0 cm³/mol. The average Bonchev–Trinajstić information content (AvgIpc) is 2.55. The van der Waals surface area contributed by atoms with Crippen molar-refractivity contribution in [1.82, 2.24) is 4.31 Å². The van der Waals surface area contributed by atoms with Crippen molar-refractivity contribution in [3.8, 4) is 0 Å². The highest BCUT2D eigenvalue weighted by Crippen LogP contribution is 2.28. The highest BCUT2D eigenvalue weighted by atomic mass is 32.2. The van der Waals surface area contributed by atoms with Gasteiger partial charge < -0.3 is 0 Å². The summed E-state index contributed by atoms with van der Waals surface area (Å²) in [6, 6.07) is 0.338. The van der Waals surface area contributed by atoms with E-state index in [1.54, 1.807) is 4.31 Å². The molecule has 0 aromatic carbocycles. The van der Waals surface area contributed by atoms with Crippen molar-refractivity contribution in [2.24, 2.45) is 0 Å². The molecular formula is C9H17NO2S. The Labute approximate surface area is 80.2 Å². The quantitative estimate of drug-likeness (QED) is 0.645. The number of hydrogen-bond donors (Lipinski definition) is 0. The van der Waals surface area contributed by atoms with Gasteiger partial charge in [0.1, 0.15) is 0 Å². The number of nitrogens with zero attached hydrogens (tertiary/aromatic N) is 1. The molecule has 0 radical (unpaired) electrons. The zero-order valence-corrected chi connectivity index (χ0v) is 8.72. The molecule has 76 valence electrons. The molecule has 2 rings (SSSR count). The average molecular weight is 203 g/mol. The van der Waals surface area contributed by atoms with Gasteiger partial charge >= 0.3 is 0 Å². The van der Waals surface area contributed by atoms with E-state index in [9.17, 15) is 8.42 Å². The molecule has 0 aromatic rings. The minimum absolute atomic E-state index is 0.338. The van der Waals surface area contributed by atoms with Crippen LogP contribution < -0.4 is 0 Å². The van der Waals surface area contributed by atoms with Gasteiger partial charge in [-0.1, -0.05) is 12.8 Å². The Hall–Kier alpha value is -0.0900. The summed E-state index contributed by atoms with van der Waals surface area (Å²) in [4.78, 5) is 0. The summed E-state index contributed by atoms with van der Waals surface area (Å²) in [6.45, 7) is 0.771. The van der Waals surface area contributed by atoms with Crippen LogP contribution in [0.1, 0.15) is 38.5 Å². The predicted octanol–water partition coefficient (Wildman–Crippen LogP) is 1.35. The van der Waals surface area contributed by atoms with Crippen LogP contribution in [-0.4, -0.2) is 31.1 Å². The molecule has 0 unspecified atom stereocenters. The van der Waals surface area contributed by atoms with Crippen LogP contribution in [0.4, 0.5) is 0 Å². The Bertz CT molecular complexity index is 267. The summed E-state index contributed by atoms with van der Waals surface area (Å²) < 4.78 is 25.2. The second kappa shape index (κ2) is 3.58. The maximum Gasteiger partial charge on any atom is 0.214 e. The van der Waals surface area contributed by atoms with Crippen molar-refractivity contribution >= 4 is 10.0 Å². The molecule has 3 nitrogen and oxygen atoms in total. The fourth-order valence-electron chi connectivity index (χ4n) is 2.41. The molecule has 0 spiro atoms. The fourth-order valence-corrected chi connectivity index (χ4v) is 4.29. The normalized spacial score (nSPS) is 30.8. The van der Waals surface area contributed by atoms with Crippen molar-refractivity contribution in [2.75, 3.05) is 12.3 Å². The van der Waals surface area contributed by atoms with Gasteiger partial charge in [0, 0.05) is 12.6 Å². The van der Waals surface area contributed by atoms with Gasteiger partial charge in [0.15, 0.2) is 0 Å². The Kier molecular flexibility index (Phi) is 2.60. The zero-order valence-electron chi connectivity index (χ0n) is 7.91. The summed E-state index contributed by atoms with van der Waals surface area (Å²) in [7, 11) is -2.87. The first-order valence-corrected chi connectivity index (χ1v) is 6.80. The second-order valence-corrected chi connectivity index (χ2v) is 6.11. The van der Waals surface area contributed by atoms with E-state index in [0.29, 0.717) is 11.8 Å². The molecule has 1 saturated heterocycles. The molecule has 1 heterocycles. The Morgan fingerprint density at radius 2 is 1.69 bits per heavy atom. The van der Waals surface area contributed by atoms with Crippen LogP contribution in [-0.2, 0) is 10.0 Å². The summed E-state index contributed by atoms with van der Waals surface area (Å²) in [5.74, 6) is 0.378. The minimum atomic E-state index is -2.87. The molecule has 0 bridgehead atoms. The molecule has 1 aliphatic heterocycles. The van der Waals surface area contributed by atoms with E-state index in [-0.39, 0.29) is 0 Å². The summed E-state index contributed by atoms with van der Waals surface area (Å²) in [5.41, 5.74) is 0. The van der Waals surface area contributed by atoms with Gasteiger partial charge in [0.2, 0.25) is 10.0 Å². The van der Waals surface area contributed by atoms with Crippen LogP contribution in [0.3, 0.4) is 0 Å². The van der Waals surface area contributed by atoms with Crippen LogP contribution in [0, 0.1) is 0 Å². The summed E-state index contributed by atoms with van der Waals surface area (Å²) in [6.07, 6.45) is 6.48. The van der Waals surface area contributed by atoms with Crippen molar-refractivity contribution < 1.29 is 8.42 Å². The lowest BCUT2D eigenvalue weighted by Crippen LogP contribution is -2.43. The van der Waals surface area contributed by atoms with Crippen molar-refractivity contribution in [3.05, 3.63) is 0 Å². The fraction of sp³-hybridized carbons (Fsp3) is 1.00. The molecule has 4 heteroatoms. The molecule has 0 aromatic heterocycles. The first-order valence-electron chi connectivity index (χ1n) is 5.20. The standard InChI is InChI=1S/C9H17NO2S/c11-13(12)8-4-3-7-10(13)9-5-1-2-6-9/h9H,1-8H2. The highest BCUT2D eigenvalue weighted by molar-refractivity contribution is 7.89. The maximum absolute atomic E-state index is 11.7. The first kappa shape index (κ1) is 9.46. The smallest absolute Gasteiger partial charge is 0.212 e. The lowest BCUT2D eigenvalue weighted by molar-refractivity contribution is 0.304. The molecule has 2 fully saturated rings. The molecular weight excluding hydrogens is 186 g/mol. The Morgan fingerprint density at radius 3 is 2.31 bits per heavy atom. The van der Waals surface area contributed by atoms with Gasteiger partial charge in [-0.05, 0) is 25.7 Å². The maximum atomic E-state index is 11.7. The van der Waals surface area contributed by atoms with Gasteiger partial charge in [-0.3, -0.25) is 0 Å². The van der Waals surface area contributed by atoms with Gasteiger partial charge in [0.05, 0.1) is 5.75 Å². The van der Waals surface area contributed by atoms with E-state index < -0.39 is 10.0 Å². The third-order valence-electron chi connectivity index (χ3n) is 3.12. The lowest BCUT2D eigenvalue weighted by Gasteiger charge is -2.31. The van der Waals surface area contributed by atoms with E-state index in [0.717, 1.165) is 32.2 Å². The van der Waals surface area contributed by atoms with Crippen LogP contribution in [0.15, 0.2) is 0 Å². The van der Waals surface area contributed by atoms with E-state index in [4.69, 9.17) is 0 Å². The first-order chi connectivity index (χ1) is 6.20. The lowest BCUT2D eigenvalue weighted by atomic mass is 10.2. The third kappa shape index (κ3) is 1.89. The van der Waals surface area contributed by atoms with Crippen molar-refractivity contribution in [3.63, 3.8) is 0 Å². The van der Waals surface area contributed by atoms with Gasteiger partial charge in [-0.15, -0.1) is 0 Å². The molecule has 0 N–H and O–H groups in total. The third-order valence-corrected chi connectivity index (χ3v) is 5.12. The second-order valence-electron chi connectivity index (χ2n) is 4.07. The monoisotopic (exact) mass is 203 g/mol. The van der Waals surface area contributed by atoms with E-state index in [2.05, 4.69) is 0 Å². The molecule has 0 amide bonds. The molecule has 1 saturated carbocycles. The highest BCUT2D eigenvalue weighted by Gasteiger charge is 2.33. The van der Waals surface area contributed by atoms with Crippen molar-refractivity contribution in [2.45, 2.75) is 44.6 Å². The van der Waals surface area contributed by atoms with Crippen molar-refractivity contribution in [1.29, 1.82) is 0 Å². The zero-order chi connectivity index (χ0) is 9.31. The topological polar surface area (TPSA) is 37.4 Å². The number of sulfonamides is 1. The molecule has 0 atom stereocenters. The van der Waals surface area contributed by atoms with E-state index >= 15 is 0 Å². The SMILES string of the molecule is O=S1(=O)CCCCN1C1CCCC1. The molecule has 2 aliphatic rings. The van der Waals surface area contributed by atoms with E-state index in [1.807, 2.05) is 0 Å². The minimum Gasteiger partial charge on any atom is -0.212 e. The molecule has 13 heavy (non-hydrogen) atoms. The Balaban J connectivity index is 2.11. The van der Waals surface area contributed by atoms with Crippen LogP contribution in [0.2, 0.25) is 0 Å². The van der Waals surface area contributed by atoms with Crippen LogP contribution >= 0.6 is 0 Å². The van der Waals surface area contributed by atoms with Gasteiger partial charge in [0.25, 0.3) is 0 Å². The Morgan fingerprint density at radius 1 is 1.00 bits per heavy atom. The van der Waals surface area contributed by atoms with Gasteiger partial charge in [-0.2, -0.15) is 4.31 Å². The van der Waals surface area contributed by atoms with E-state index in [1.165, 1.54) is 12.8 Å². The summed E-state index contributed by atoms with van der Waals surface area (Å²) in [5, 5.41) is 0. The number of rotatable bonds is 1. The van der Waals surface area contributed by atoms with Crippen LogP contribution in [0.5, 0.6) is 0 Å². The van der Waals surface area contributed by atoms with Crippen LogP contribution in [0.25, 0.3) is 0 Å². The largest absolute Gasteiger partial charge is 0.214 e. The van der Waals surface area contributed by atoms with Gasteiger partial charge in [-0.25, -0.2) is 8.42 Å². The number of hydrogen-bond acceptors (Lipinski definition) is 2.